The van der Waals surface area contributed by atoms with Gasteiger partial charge in [0.1, 0.15) is 0 Å². The first-order valence-electron chi connectivity index (χ1n) is 11.6. The molecule has 5 nitrogen and oxygen atoms in total. The molecule has 0 aliphatic heterocycles. The molecular weight excluding hydrogens is 394 g/mol. The van der Waals surface area contributed by atoms with Gasteiger partial charge in [-0.25, -0.2) is 8.42 Å². The number of hydrogen-bond donors (Lipinski definition) is 1. The normalized spacial score (nSPS) is 12.1. The van der Waals surface area contributed by atoms with E-state index in [2.05, 4.69) is 24.1 Å². The van der Waals surface area contributed by atoms with Crippen LogP contribution in [-0.4, -0.2) is 43.9 Å². The molecule has 0 bridgehead atoms. The van der Waals surface area contributed by atoms with Gasteiger partial charge in [-0.15, -0.1) is 0 Å². The van der Waals surface area contributed by atoms with E-state index in [4.69, 9.17) is 0 Å². The van der Waals surface area contributed by atoms with Gasteiger partial charge in [-0.3, -0.25) is 4.98 Å². The Hall–Kier alpha value is -1.50. The van der Waals surface area contributed by atoms with Crippen molar-refractivity contribution in [1.82, 2.24) is 14.6 Å². The standard InChI is InChI=1S/C24H39N3O2S/c1-3-5-7-9-16-25-17-12-20-27(19-10-8-6-4-2)30(28,29)24-14-11-13-22-21-26-18-15-23(22)24/h11,13-15,18,21,25H,3-10,12,16-17,19-20H2,1-2H3. The van der Waals surface area contributed by atoms with Crippen LogP contribution in [0.5, 0.6) is 0 Å². The molecule has 0 amide bonds. The third kappa shape index (κ3) is 7.64. The fourth-order valence-electron chi connectivity index (χ4n) is 3.71. The van der Waals surface area contributed by atoms with Gasteiger partial charge in [0.05, 0.1) is 4.90 Å². The monoisotopic (exact) mass is 433 g/mol. The molecule has 1 heterocycles. The second kappa shape index (κ2) is 13.7. The van der Waals surface area contributed by atoms with E-state index in [1.165, 1.54) is 25.7 Å². The Morgan fingerprint density at radius 1 is 0.867 bits per heavy atom. The van der Waals surface area contributed by atoms with E-state index in [-0.39, 0.29) is 0 Å². The third-order valence-corrected chi connectivity index (χ3v) is 7.44. The van der Waals surface area contributed by atoms with Gasteiger partial charge in [-0.2, -0.15) is 4.31 Å². The third-order valence-electron chi connectivity index (χ3n) is 5.49. The van der Waals surface area contributed by atoms with Crippen molar-refractivity contribution in [3.8, 4) is 0 Å². The molecule has 0 aliphatic carbocycles. The fraction of sp³-hybridized carbons (Fsp3) is 0.625. The highest BCUT2D eigenvalue weighted by Crippen LogP contribution is 2.25. The molecule has 0 saturated carbocycles. The van der Waals surface area contributed by atoms with Crippen molar-refractivity contribution in [1.29, 1.82) is 0 Å². The molecule has 2 rings (SSSR count). The Morgan fingerprint density at radius 2 is 1.57 bits per heavy atom. The molecule has 0 saturated heterocycles. The quantitative estimate of drug-likeness (QED) is 0.362. The van der Waals surface area contributed by atoms with Gasteiger partial charge in [0.15, 0.2) is 0 Å². The first-order chi connectivity index (χ1) is 14.6. The predicted molar refractivity (Wildman–Crippen MR) is 126 cm³/mol. The summed E-state index contributed by atoms with van der Waals surface area (Å²) in [6.07, 6.45) is 13.5. The fourth-order valence-corrected chi connectivity index (χ4v) is 5.44. The summed E-state index contributed by atoms with van der Waals surface area (Å²) in [6.45, 7) is 7.39. The molecule has 0 aliphatic rings. The summed E-state index contributed by atoms with van der Waals surface area (Å²) < 4.78 is 28.8. The first kappa shape index (κ1) is 24.8. The Morgan fingerprint density at radius 3 is 2.33 bits per heavy atom. The zero-order chi connectivity index (χ0) is 21.7. The number of nitrogens with one attached hydrogen (secondary N) is 1. The summed E-state index contributed by atoms with van der Waals surface area (Å²) >= 11 is 0. The van der Waals surface area contributed by atoms with Gasteiger partial charge in [0.25, 0.3) is 0 Å². The van der Waals surface area contributed by atoms with Gasteiger partial charge in [-0.05, 0) is 44.5 Å². The van der Waals surface area contributed by atoms with E-state index in [0.29, 0.717) is 18.0 Å². The molecule has 0 radical (unpaired) electrons. The maximum Gasteiger partial charge on any atom is 0.243 e. The lowest BCUT2D eigenvalue weighted by atomic mass is 10.2. The Balaban J connectivity index is 2.03. The molecule has 1 aromatic carbocycles. The molecule has 1 N–H and O–H groups in total. The summed E-state index contributed by atoms with van der Waals surface area (Å²) in [5.74, 6) is 0. The van der Waals surface area contributed by atoms with Crippen LogP contribution in [-0.2, 0) is 10.0 Å². The van der Waals surface area contributed by atoms with Gasteiger partial charge < -0.3 is 5.32 Å². The minimum absolute atomic E-state index is 0.394. The summed E-state index contributed by atoms with van der Waals surface area (Å²) in [5.41, 5.74) is 0. The van der Waals surface area contributed by atoms with Crippen molar-refractivity contribution in [2.75, 3.05) is 26.2 Å². The number of rotatable bonds is 16. The zero-order valence-corrected chi connectivity index (χ0v) is 19.6. The van der Waals surface area contributed by atoms with Crippen molar-refractivity contribution in [2.45, 2.75) is 76.5 Å². The molecule has 168 valence electrons. The van der Waals surface area contributed by atoms with Crippen molar-refractivity contribution < 1.29 is 8.42 Å². The van der Waals surface area contributed by atoms with Crippen molar-refractivity contribution >= 4 is 20.8 Å². The van der Waals surface area contributed by atoms with Crippen LogP contribution in [0.2, 0.25) is 0 Å². The lowest BCUT2D eigenvalue weighted by molar-refractivity contribution is 0.388. The summed E-state index contributed by atoms with van der Waals surface area (Å²) in [5, 5.41) is 5.08. The minimum Gasteiger partial charge on any atom is -0.317 e. The molecule has 2 aromatic rings. The van der Waals surface area contributed by atoms with Crippen molar-refractivity contribution in [3.05, 3.63) is 36.7 Å². The average molecular weight is 434 g/mol. The summed E-state index contributed by atoms with van der Waals surface area (Å²) in [4.78, 5) is 4.52. The number of hydrogen-bond acceptors (Lipinski definition) is 4. The van der Waals surface area contributed by atoms with E-state index in [1.807, 2.05) is 12.1 Å². The second-order valence-corrected chi connectivity index (χ2v) is 9.89. The lowest BCUT2D eigenvalue weighted by Gasteiger charge is -2.23. The van der Waals surface area contributed by atoms with Crippen LogP contribution in [0.15, 0.2) is 41.6 Å². The highest BCUT2D eigenvalue weighted by molar-refractivity contribution is 7.89. The number of sulfonamides is 1. The zero-order valence-electron chi connectivity index (χ0n) is 18.8. The lowest BCUT2D eigenvalue weighted by Crippen LogP contribution is -2.34. The Bertz CT molecular complexity index is 834. The molecule has 0 fully saturated rings. The Labute approximate surface area is 183 Å². The summed E-state index contributed by atoms with van der Waals surface area (Å²) in [6, 6.07) is 7.25. The largest absolute Gasteiger partial charge is 0.317 e. The molecule has 0 unspecified atom stereocenters. The van der Waals surface area contributed by atoms with Gasteiger partial charge in [-0.1, -0.05) is 64.5 Å². The van der Waals surface area contributed by atoms with Crippen LogP contribution in [0, 0.1) is 0 Å². The number of unbranched alkanes of at least 4 members (excludes halogenated alkanes) is 6. The van der Waals surface area contributed by atoms with Crippen LogP contribution in [0.25, 0.3) is 10.8 Å². The minimum atomic E-state index is -3.54. The van der Waals surface area contributed by atoms with Gasteiger partial charge in [0, 0.05) is 36.3 Å². The van der Waals surface area contributed by atoms with E-state index in [0.717, 1.165) is 56.0 Å². The molecular formula is C24H39N3O2S. The number of nitrogens with zero attached hydrogens (tertiary/aromatic N) is 2. The van der Waals surface area contributed by atoms with Gasteiger partial charge >= 0.3 is 0 Å². The van der Waals surface area contributed by atoms with E-state index >= 15 is 0 Å². The van der Waals surface area contributed by atoms with Crippen molar-refractivity contribution in [3.63, 3.8) is 0 Å². The van der Waals surface area contributed by atoms with Crippen LogP contribution in [0.3, 0.4) is 0 Å². The first-order valence-corrected chi connectivity index (χ1v) is 13.1. The number of benzene rings is 1. The highest BCUT2D eigenvalue weighted by atomic mass is 32.2. The SMILES string of the molecule is CCCCCCNCCCN(CCCCCC)S(=O)(=O)c1cccc2cnccc12. The van der Waals surface area contributed by atoms with Gasteiger partial charge in [0.2, 0.25) is 10.0 Å². The number of aromatic nitrogens is 1. The highest BCUT2D eigenvalue weighted by Gasteiger charge is 2.25. The number of fused-ring (bicyclic) bond motifs is 1. The van der Waals surface area contributed by atoms with Crippen LogP contribution in [0.4, 0.5) is 0 Å². The molecule has 0 atom stereocenters. The van der Waals surface area contributed by atoms with Crippen molar-refractivity contribution in [2.24, 2.45) is 0 Å². The average Bonchev–Trinajstić information content (AvgIpc) is 2.76. The van der Waals surface area contributed by atoms with E-state index in [1.54, 1.807) is 28.8 Å². The maximum absolute atomic E-state index is 13.5. The summed E-state index contributed by atoms with van der Waals surface area (Å²) in [7, 11) is -3.54. The molecule has 1 aromatic heterocycles. The molecule has 30 heavy (non-hydrogen) atoms. The predicted octanol–water partition coefficient (Wildman–Crippen LogP) is 5.37. The van der Waals surface area contributed by atoms with Crippen LogP contribution >= 0.6 is 0 Å². The van der Waals surface area contributed by atoms with Crippen LogP contribution in [0.1, 0.15) is 71.6 Å². The second-order valence-electron chi connectivity index (χ2n) is 7.98. The topological polar surface area (TPSA) is 62.3 Å². The Kier molecular flexibility index (Phi) is 11.3. The van der Waals surface area contributed by atoms with Crippen LogP contribution < -0.4 is 5.32 Å². The molecule has 0 spiro atoms. The smallest absolute Gasteiger partial charge is 0.243 e. The van der Waals surface area contributed by atoms with E-state index in [9.17, 15) is 8.42 Å². The molecule has 6 heteroatoms. The number of pyridine rings is 1. The maximum atomic E-state index is 13.5. The van der Waals surface area contributed by atoms with E-state index < -0.39 is 10.0 Å².